The van der Waals surface area contributed by atoms with E-state index >= 15 is 0 Å². The van der Waals surface area contributed by atoms with E-state index in [1.165, 1.54) is 31.5 Å². The molecule has 0 bridgehead atoms. The molecule has 1 unspecified atom stereocenters. The lowest BCUT2D eigenvalue weighted by Gasteiger charge is -2.13. The number of nitrogens with one attached hydrogen (secondary N) is 1. The normalized spacial score (nSPS) is 11.7. The Kier molecular flexibility index (Phi) is 8.92. The van der Waals surface area contributed by atoms with Crippen molar-refractivity contribution in [2.75, 3.05) is 7.11 Å². The van der Waals surface area contributed by atoms with E-state index in [1.807, 2.05) is 12.1 Å². The SMILES string of the molecule is COc1cc(/C=N/NC(=O)C(C)Oc2ccc(Br)cc2)ccc1OC(=O)c1ccc(Cl)c(Cl)c1. The van der Waals surface area contributed by atoms with Gasteiger partial charge in [0.15, 0.2) is 17.6 Å². The Morgan fingerprint density at radius 3 is 2.41 bits per heavy atom. The van der Waals surface area contributed by atoms with Crippen LogP contribution in [0.15, 0.2) is 70.2 Å². The molecule has 1 atom stereocenters. The summed E-state index contributed by atoms with van der Waals surface area (Å²) in [6.45, 7) is 1.62. The highest BCUT2D eigenvalue weighted by molar-refractivity contribution is 9.10. The van der Waals surface area contributed by atoms with E-state index in [1.54, 1.807) is 37.3 Å². The second-order valence-electron chi connectivity index (χ2n) is 6.88. The van der Waals surface area contributed by atoms with Crippen molar-refractivity contribution in [3.8, 4) is 17.2 Å². The minimum Gasteiger partial charge on any atom is -0.493 e. The molecule has 10 heteroatoms. The molecule has 0 fully saturated rings. The molecule has 0 aliphatic rings. The van der Waals surface area contributed by atoms with Crippen molar-refractivity contribution in [2.45, 2.75) is 13.0 Å². The van der Waals surface area contributed by atoms with Crippen LogP contribution in [-0.2, 0) is 4.79 Å². The van der Waals surface area contributed by atoms with Crippen molar-refractivity contribution >= 4 is 57.2 Å². The average Bonchev–Trinajstić information content (AvgIpc) is 2.82. The van der Waals surface area contributed by atoms with Crippen LogP contribution in [0.2, 0.25) is 10.0 Å². The molecule has 0 saturated carbocycles. The van der Waals surface area contributed by atoms with Crippen LogP contribution in [0.5, 0.6) is 17.2 Å². The van der Waals surface area contributed by atoms with E-state index in [4.69, 9.17) is 37.4 Å². The summed E-state index contributed by atoms with van der Waals surface area (Å²) in [4.78, 5) is 24.6. The fraction of sp³-hybridized carbons (Fsp3) is 0.125. The van der Waals surface area contributed by atoms with Crippen LogP contribution in [0.4, 0.5) is 0 Å². The first-order valence-corrected chi connectivity index (χ1v) is 11.4. The maximum absolute atomic E-state index is 12.4. The second kappa shape index (κ2) is 11.9. The molecule has 34 heavy (non-hydrogen) atoms. The zero-order chi connectivity index (χ0) is 24.7. The van der Waals surface area contributed by atoms with E-state index in [0.717, 1.165) is 4.47 Å². The highest BCUT2D eigenvalue weighted by Crippen LogP contribution is 2.29. The lowest BCUT2D eigenvalue weighted by atomic mass is 10.2. The smallest absolute Gasteiger partial charge is 0.343 e. The van der Waals surface area contributed by atoms with Gasteiger partial charge in [0.05, 0.1) is 28.9 Å². The molecule has 0 aliphatic carbocycles. The summed E-state index contributed by atoms with van der Waals surface area (Å²) >= 11 is 15.2. The van der Waals surface area contributed by atoms with Gasteiger partial charge in [0.1, 0.15) is 5.75 Å². The van der Waals surface area contributed by atoms with E-state index in [-0.39, 0.29) is 16.3 Å². The molecular formula is C24H19BrCl2N2O5. The molecule has 0 aliphatic heterocycles. The van der Waals surface area contributed by atoms with Crippen molar-refractivity contribution < 1.29 is 23.8 Å². The number of carbonyl (C=O) groups excluding carboxylic acids is 2. The molecule has 0 saturated heterocycles. The number of hydrogen-bond donors (Lipinski definition) is 1. The van der Waals surface area contributed by atoms with Crippen LogP contribution in [0.3, 0.4) is 0 Å². The standard InChI is InChI=1S/C24H19BrCl2N2O5/c1-14(33-18-7-5-17(25)6-8-18)23(30)29-28-13-15-3-10-21(22(11-15)32-2)34-24(31)16-4-9-19(26)20(27)12-16/h3-14H,1-2H3,(H,29,30)/b28-13+. The summed E-state index contributed by atoms with van der Waals surface area (Å²) < 4.78 is 17.2. The molecule has 0 radical (unpaired) electrons. The highest BCUT2D eigenvalue weighted by atomic mass is 79.9. The number of methoxy groups -OCH3 is 1. The monoisotopic (exact) mass is 564 g/mol. The third-order valence-electron chi connectivity index (χ3n) is 4.43. The van der Waals surface area contributed by atoms with Crippen molar-refractivity contribution in [1.82, 2.24) is 5.43 Å². The number of esters is 1. The van der Waals surface area contributed by atoms with Crippen molar-refractivity contribution in [2.24, 2.45) is 5.10 Å². The first kappa shape index (κ1) is 25.6. The lowest BCUT2D eigenvalue weighted by Crippen LogP contribution is -2.33. The molecule has 3 rings (SSSR count). The number of benzene rings is 3. The Balaban J connectivity index is 1.60. The van der Waals surface area contributed by atoms with Crippen LogP contribution in [0, 0.1) is 0 Å². The predicted octanol–water partition coefficient (Wildman–Crippen LogP) is 5.90. The largest absolute Gasteiger partial charge is 0.493 e. The Labute approximate surface area is 214 Å². The van der Waals surface area contributed by atoms with Gasteiger partial charge in [-0.25, -0.2) is 10.2 Å². The number of hydrazone groups is 1. The molecule has 1 amide bonds. The van der Waals surface area contributed by atoms with E-state index in [9.17, 15) is 9.59 Å². The Morgan fingerprint density at radius 1 is 1.00 bits per heavy atom. The highest BCUT2D eigenvalue weighted by Gasteiger charge is 2.15. The molecule has 0 heterocycles. The van der Waals surface area contributed by atoms with Gasteiger partial charge in [-0.1, -0.05) is 39.1 Å². The Hall–Kier alpha value is -3.07. The number of rotatable bonds is 8. The maximum Gasteiger partial charge on any atom is 0.343 e. The molecule has 0 aromatic heterocycles. The van der Waals surface area contributed by atoms with Crippen molar-refractivity contribution in [3.05, 3.63) is 86.3 Å². The van der Waals surface area contributed by atoms with Gasteiger partial charge in [0.2, 0.25) is 0 Å². The van der Waals surface area contributed by atoms with Gasteiger partial charge < -0.3 is 14.2 Å². The van der Waals surface area contributed by atoms with E-state index in [2.05, 4.69) is 26.5 Å². The zero-order valence-corrected chi connectivity index (χ0v) is 21.1. The Morgan fingerprint density at radius 2 is 1.74 bits per heavy atom. The summed E-state index contributed by atoms with van der Waals surface area (Å²) in [5.74, 6) is 0.0288. The lowest BCUT2D eigenvalue weighted by molar-refractivity contribution is -0.127. The summed E-state index contributed by atoms with van der Waals surface area (Å²) in [6, 6.07) is 16.4. The minimum atomic E-state index is -0.754. The van der Waals surface area contributed by atoms with Gasteiger partial charge in [0, 0.05) is 4.47 Å². The number of amides is 1. The molecule has 3 aromatic rings. The predicted molar refractivity (Wildman–Crippen MR) is 134 cm³/mol. The molecule has 1 N–H and O–H groups in total. The number of halogens is 3. The van der Waals surface area contributed by atoms with Gasteiger partial charge >= 0.3 is 5.97 Å². The second-order valence-corrected chi connectivity index (χ2v) is 8.61. The molecular weight excluding hydrogens is 547 g/mol. The molecule has 176 valence electrons. The fourth-order valence-electron chi connectivity index (χ4n) is 2.66. The summed E-state index contributed by atoms with van der Waals surface area (Å²) in [5, 5.41) is 4.53. The average molecular weight is 566 g/mol. The summed E-state index contributed by atoms with van der Waals surface area (Å²) in [5.41, 5.74) is 3.27. The first-order chi connectivity index (χ1) is 16.3. The first-order valence-electron chi connectivity index (χ1n) is 9.87. The van der Waals surface area contributed by atoms with Gasteiger partial charge in [-0.3, -0.25) is 4.79 Å². The van der Waals surface area contributed by atoms with Crippen LogP contribution in [-0.4, -0.2) is 31.3 Å². The molecule has 7 nitrogen and oxygen atoms in total. The van der Waals surface area contributed by atoms with Crippen LogP contribution in [0.1, 0.15) is 22.8 Å². The number of carbonyl (C=O) groups is 2. The number of hydrogen-bond acceptors (Lipinski definition) is 6. The van der Waals surface area contributed by atoms with E-state index in [0.29, 0.717) is 22.1 Å². The van der Waals surface area contributed by atoms with Gasteiger partial charge in [-0.15, -0.1) is 0 Å². The van der Waals surface area contributed by atoms with E-state index < -0.39 is 18.0 Å². The summed E-state index contributed by atoms with van der Waals surface area (Å²) in [6.07, 6.45) is 0.674. The zero-order valence-electron chi connectivity index (χ0n) is 18.1. The molecule has 3 aromatic carbocycles. The van der Waals surface area contributed by atoms with Gasteiger partial charge in [0.25, 0.3) is 5.91 Å². The van der Waals surface area contributed by atoms with Crippen LogP contribution >= 0.6 is 39.1 Å². The minimum absolute atomic E-state index is 0.205. The third kappa shape index (κ3) is 6.96. The topological polar surface area (TPSA) is 86.2 Å². The third-order valence-corrected chi connectivity index (χ3v) is 5.70. The fourth-order valence-corrected chi connectivity index (χ4v) is 3.23. The van der Waals surface area contributed by atoms with Crippen molar-refractivity contribution in [3.63, 3.8) is 0 Å². The van der Waals surface area contributed by atoms with Gasteiger partial charge in [-0.05, 0) is 73.2 Å². The molecule has 0 spiro atoms. The number of nitrogens with zero attached hydrogens (tertiary/aromatic N) is 1. The number of ether oxygens (including phenoxy) is 3. The maximum atomic E-state index is 12.4. The van der Waals surface area contributed by atoms with Crippen LogP contribution in [0.25, 0.3) is 0 Å². The summed E-state index contributed by atoms with van der Waals surface area (Å²) in [7, 11) is 1.44. The Bertz CT molecular complexity index is 1220. The van der Waals surface area contributed by atoms with Crippen LogP contribution < -0.4 is 19.6 Å². The quantitative estimate of drug-likeness (QED) is 0.159. The van der Waals surface area contributed by atoms with Crippen molar-refractivity contribution in [1.29, 1.82) is 0 Å². The van der Waals surface area contributed by atoms with Gasteiger partial charge in [-0.2, -0.15) is 5.10 Å².